The van der Waals surface area contributed by atoms with Gasteiger partial charge in [-0.1, -0.05) is 13.8 Å². The maximum Gasteiger partial charge on any atom is 0.418 e. The van der Waals surface area contributed by atoms with Crippen molar-refractivity contribution in [3.63, 3.8) is 0 Å². The molecular formula is C17H30N2O5. The molecule has 7 heteroatoms. The first-order chi connectivity index (χ1) is 10.7. The second-order valence-corrected chi connectivity index (χ2v) is 8.51. The molecule has 1 rings (SSSR count). The van der Waals surface area contributed by atoms with E-state index >= 15 is 0 Å². The number of imide groups is 2. The fourth-order valence-corrected chi connectivity index (χ4v) is 2.39. The molecule has 0 spiro atoms. The van der Waals surface area contributed by atoms with E-state index in [9.17, 15) is 14.4 Å². The van der Waals surface area contributed by atoms with Crippen LogP contribution in [0.15, 0.2) is 0 Å². The van der Waals surface area contributed by atoms with Crippen molar-refractivity contribution >= 4 is 18.2 Å². The van der Waals surface area contributed by atoms with E-state index in [1.54, 1.807) is 41.5 Å². The van der Waals surface area contributed by atoms with Gasteiger partial charge in [-0.3, -0.25) is 0 Å². The van der Waals surface area contributed by atoms with Crippen LogP contribution in [0, 0.1) is 5.92 Å². The molecule has 0 saturated carbocycles. The van der Waals surface area contributed by atoms with Gasteiger partial charge in [0.25, 0.3) is 0 Å². The maximum atomic E-state index is 12.6. The summed E-state index contributed by atoms with van der Waals surface area (Å²) in [6.45, 7) is 14.5. The standard InChI is InChI=1S/C17H30N2O5/c1-11(2)9-12-10-18(14(21)23-16(3,4)5)13(20)19(12)15(22)24-17(6,7)8/h11-12H,9-10H2,1-8H3. The summed E-state index contributed by atoms with van der Waals surface area (Å²) >= 11 is 0. The van der Waals surface area contributed by atoms with Crippen LogP contribution in [-0.4, -0.2) is 51.8 Å². The van der Waals surface area contributed by atoms with Crippen LogP contribution in [0.3, 0.4) is 0 Å². The smallest absolute Gasteiger partial charge is 0.418 e. The Kier molecular flexibility index (Phi) is 5.90. The third-order valence-corrected chi connectivity index (χ3v) is 3.14. The summed E-state index contributed by atoms with van der Waals surface area (Å²) < 4.78 is 10.6. The molecule has 0 aromatic carbocycles. The monoisotopic (exact) mass is 342 g/mol. The summed E-state index contributed by atoms with van der Waals surface area (Å²) in [5, 5.41) is 0. The summed E-state index contributed by atoms with van der Waals surface area (Å²) in [6, 6.07) is -1.11. The molecule has 1 fully saturated rings. The molecule has 1 atom stereocenters. The molecule has 0 bridgehead atoms. The third kappa shape index (κ3) is 5.69. The second-order valence-electron chi connectivity index (χ2n) is 8.51. The minimum absolute atomic E-state index is 0.116. The van der Waals surface area contributed by atoms with Crippen molar-refractivity contribution in [2.24, 2.45) is 5.92 Å². The van der Waals surface area contributed by atoms with Gasteiger partial charge in [0.05, 0.1) is 12.6 Å². The van der Waals surface area contributed by atoms with Crippen LogP contribution in [0.2, 0.25) is 0 Å². The Morgan fingerprint density at radius 2 is 1.50 bits per heavy atom. The number of urea groups is 1. The van der Waals surface area contributed by atoms with Gasteiger partial charge in [-0.05, 0) is 53.9 Å². The lowest BCUT2D eigenvalue weighted by Crippen LogP contribution is -2.45. The molecule has 0 N–H and O–H groups in total. The second kappa shape index (κ2) is 6.99. The molecule has 4 amide bonds. The molecule has 0 aliphatic carbocycles. The fourth-order valence-electron chi connectivity index (χ4n) is 2.39. The van der Waals surface area contributed by atoms with Gasteiger partial charge in [0.15, 0.2) is 0 Å². The zero-order valence-electron chi connectivity index (χ0n) is 16.0. The van der Waals surface area contributed by atoms with E-state index < -0.39 is 35.5 Å². The molecule has 7 nitrogen and oxygen atoms in total. The number of amides is 4. The van der Waals surface area contributed by atoms with E-state index in [1.807, 2.05) is 13.8 Å². The van der Waals surface area contributed by atoms with Crippen LogP contribution in [0.1, 0.15) is 61.8 Å². The highest BCUT2D eigenvalue weighted by molar-refractivity contribution is 6.01. The number of nitrogens with zero attached hydrogens (tertiary/aromatic N) is 2. The SMILES string of the molecule is CC(C)CC1CN(C(=O)OC(C)(C)C)C(=O)N1C(=O)OC(C)(C)C. The fraction of sp³-hybridized carbons (Fsp3) is 0.824. The van der Waals surface area contributed by atoms with E-state index in [1.165, 1.54) is 0 Å². The minimum Gasteiger partial charge on any atom is -0.443 e. The van der Waals surface area contributed by atoms with Crippen molar-refractivity contribution in [3.05, 3.63) is 0 Å². The van der Waals surface area contributed by atoms with Gasteiger partial charge < -0.3 is 9.47 Å². The molecule has 1 aliphatic rings. The lowest BCUT2D eigenvalue weighted by Gasteiger charge is -2.27. The highest BCUT2D eigenvalue weighted by Gasteiger charge is 2.47. The number of rotatable bonds is 2. The van der Waals surface area contributed by atoms with Gasteiger partial charge in [0, 0.05) is 0 Å². The van der Waals surface area contributed by atoms with Crippen LogP contribution < -0.4 is 0 Å². The lowest BCUT2D eigenvalue weighted by molar-refractivity contribution is 0.0278. The van der Waals surface area contributed by atoms with E-state index in [-0.39, 0.29) is 12.5 Å². The number of ether oxygens (including phenoxy) is 2. The predicted molar refractivity (Wildman–Crippen MR) is 89.7 cm³/mol. The molecule has 1 heterocycles. The van der Waals surface area contributed by atoms with Gasteiger partial charge in [0.1, 0.15) is 11.2 Å². The highest BCUT2D eigenvalue weighted by Crippen LogP contribution is 2.26. The molecule has 24 heavy (non-hydrogen) atoms. The Labute approximate surface area is 144 Å². The first-order valence-electron chi connectivity index (χ1n) is 8.28. The Hall–Kier alpha value is -1.79. The lowest BCUT2D eigenvalue weighted by atomic mass is 10.0. The van der Waals surface area contributed by atoms with Gasteiger partial charge in [-0.25, -0.2) is 24.2 Å². The van der Waals surface area contributed by atoms with Gasteiger partial charge in [-0.2, -0.15) is 0 Å². The Morgan fingerprint density at radius 3 is 1.92 bits per heavy atom. The van der Waals surface area contributed by atoms with Crippen LogP contribution in [0.5, 0.6) is 0 Å². The van der Waals surface area contributed by atoms with E-state index in [4.69, 9.17) is 9.47 Å². The molecule has 138 valence electrons. The van der Waals surface area contributed by atoms with E-state index in [0.717, 1.165) is 9.80 Å². The summed E-state index contributed by atoms with van der Waals surface area (Å²) in [4.78, 5) is 39.3. The minimum atomic E-state index is -0.743. The zero-order valence-corrected chi connectivity index (χ0v) is 16.0. The van der Waals surface area contributed by atoms with Crippen LogP contribution in [-0.2, 0) is 9.47 Å². The summed E-state index contributed by atoms with van der Waals surface area (Å²) in [7, 11) is 0. The first-order valence-corrected chi connectivity index (χ1v) is 8.28. The molecule has 1 aliphatic heterocycles. The molecule has 1 saturated heterocycles. The Bertz CT molecular complexity index is 502. The van der Waals surface area contributed by atoms with Gasteiger partial charge in [0.2, 0.25) is 0 Å². The Balaban J connectivity index is 3.00. The molecule has 1 unspecified atom stereocenters. The average Bonchev–Trinajstić information content (AvgIpc) is 2.60. The van der Waals surface area contributed by atoms with Gasteiger partial charge in [-0.15, -0.1) is 0 Å². The van der Waals surface area contributed by atoms with E-state index in [2.05, 4.69) is 0 Å². The Morgan fingerprint density at radius 1 is 1.04 bits per heavy atom. The quantitative estimate of drug-likeness (QED) is 0.758. The van der Waals surface area contributed by atoms with Crippen LogP contribution >= 0.6 is 0 Å². The predicted octanol–water partition coefficient (Wildman–Crippen LogP) is 4.01. The first kappa shape index (κ1) is 20.3. The molecule has 0 aromatic heterocycles. The maximum absolute atomic E-state index is 12.6. The van der Waals surface area contributed by atoms with Crippen molar-refractivity contribution in [2.75, 3.05) is 6.54 Å². The van der Waals surface area contributed by atoms with Crippen molar-refractivity contribution in [2.45, 2.75) is 79.1 Å². The molecular weight excluding hydrogens is 312 g/mol. The molecule has 0 radical (unpaired) electrons. The third-order valence-electron chi connectivity index (χ3n) is 3.14. The number of carbonyl (C=O) groups is 3. The number of hydrogen-bond acceptors (Lipinski definition) is 5. The van der Waals surface area contributed by atoms with Crippen molar-refractivity contribution in [1.29, 1.82) is 0 Å². The normalized spacial score (nSPS) is 19.0. The topological polar surface area (TPSA) is 76.2 Å². The largest absolute Gasteiger partial charge is 0.443 e. The van der Waals surface area contributed by atoms with Crippen molar-refractivity contribution in [1.82, 2.24) is 9.80 Å². The summed E-state index contributed by atoms with van der Waals surface area (Å²) in [5.74, 6) is 0.256. The summed E-state index contributed by atoms with van der Waals surface area (Å²) in [6.07, 6.45) is -0.888. The van der Waals surface area contributed by atoms with Gasteiger partial charge >= 0.3 is 18.2 Å². The van der Waals surface area contributed by atoms with Crippen molar-refractivity contribution < 1.29 is 23.9 Å². The number of hydrogen-bond donors (Lipinski definition) is 0. The zero-order chi connectivity index (χ0) is 18.9. The van der Waals surface area contributed by atoms with E-state index in [0.29, 0.717) is 6.42 Å². The molecule has 0 aromatic rings. The number of carbonyl (C=O) groups excluding carboxylic acids is 3. The van der Waals surface area contributed by atoms with Crippen LogP contribution in [0.25, 0.3) is 0 Å². The summed E-state index contributed by atoms with van der Waals surface area (Å²) in [5.41, 5.74) is -1.44. The average molecular weight is 342 g/mol. The van der Waals surface area contributed by atoms with Crippen LogP contribution in [0.4, 0.5) is 14.4 Å². The highest BCUT2D eigenvalue weighted by atomic mass is 16.6. The van der Waals surface area contributed by atoms with Crippen molar-refractivity contribution in [3.8, 4) is 0 Å².